The number of aliphatic hydroxyl groups is 1. The highest BCUT2D eigenvalue weighted by Crippen LogP contribution is 2.05. The lowest BCUT2D eigenvalue weighted by atomic mass is 10.1. The van der Waals surface area contributed by atoms with E-state index >= 15 is 0 Å². The minimum atomic E-state index is -1.44. The lowest BCUT2D eigenvalue weighted by molar-refractivity contribution is -0.143. The summed E-state index contributed by atoms with van der Waals surface area (Å²) in [6.45, 7) is 2.91. The molecule has 0 saturated heterocycles. The number of nitrogens with zero attached hydrogens (tertiary/aromatic N) is 1. The maximum atomic E-state index is 12.7. The summed E-state index contributed by atoms with van der Waals surface area (Å²) in [6, 6.07) is -4.54. The van der Waals surface area contributed by atoms with Crippen molar-refractivity contribution in [2.45, 2.75) is 63.4 Å². The van der Waals surface area contributed by atoms with Crippen LogP contribution in [-0.2, 0) is 19.2 Å². The van der Waals surface area contributed by atoms with Crippen LogP contribution in [0.2, 0.25) is 0 Å². The van der Waals surface area contributed by atoms with E-state index in [1.165, 1.54) is 25.6 Å². The number of nitrogens with one attached hydrogen (secondary N) is 3. The van der Waals surface area contributed by atoms with Gasteiger partial charge in [0.05, 0.1) is 12.1 Å². The fourth-order valence-electron chi connectivity index (χ4n) is 2.49. The Kier molecular flexibility index (Phi) is 14.0. The Morgan fingerprint density at radius 2 is 1.56 bits per heavy atom. The molecule has 0 rings (SSSR count). The number of hydrogen-bond donors (Lipinski definition) is 8. The predicted molar refractivity (Wildman–Crippen MR) is 122 cm³/mol. The highest BCUT2D eigenvalue weighted by molar-refractivity contribution is 7.98. The first kappa shape index (κ1) is 29.4. The van der Waals surface area contributed by atoms with Crippen LogP contribution in [-0.4, -0.2) is 88.7 Å². The zero-order valence-electron chi connectivity index (χ0n) is 18.5. The molecule has 11 N–H and O–H groups in total. The fourth-order valence-corrected chi connectivity index (χ4v) is 2.96. The molecule has 0 heterocycles. The van der Waals surface area contributed by atoms with Gasteiger partial charge in [0, 0.05) is 6.54 Å². The number of nitrogens with two attached hydrogens (primary N) is 3. The lowest BCUT2D eigenvalue weighted by Crippen LogP contribution is -2.59. The third-order valence-electron chi connectivity index (χ3n) is 4.28. The molecule has 0 fully saturated rings. The monoisotopic (exact) mass is 477 g/mol. The number of rotatable bonds is 15. The van der Waals surface area contributed by atoms with Crippen molar-refractivity contribution < 1.29 is 29.4 Å². The molecule has 0 aromatic heterocycles. The summed E-state index contributed by atoms with van der Waals surface area (Å²) in [5.41, 5.74) is 15.9. The number of guanidine groups is 1. The van der Waals surface area contributed by atoms with Gasteiger partial charge in [-0.25, -0.2) is 4.79 Å². The van der Waals surface area contributed by atoms with Crippen LogP contribution in [0.4, 0.5) is 0 Å². The number of hydrogen-bond acceptors (Lipinski definition) is 8. The summed E-state index contributed by atoms with van der Waals surface area (Å²) < 4.78 is 0. The summed E-state index contributed by atoms with van der Waals surface area (Å²) in [7, 11) is 0. The van der Waals surface area contributed by atoms with Gasteiger partial charge in [0.1, 0.15) is 18.1 Å². The molecule has 5 unspecified atom stereocenters. The summed E-state index contributed by atoms with van der Waals surface area (Å²) in [5, 5.41) is 26.6. The van der Waals surface area contributed by atoms with Crippen molar-refractivity contribution in [2.24, 2.45) is 22.2 Å². The van der Waals surface area contributed by atoms with E-state index in [1.54, 1.807) is 0 Å². The van der Waals surface area contributed by atoms with E-state index in [2.05, 4.69) is 20.9 Å². The minimum absolute atomic E-state index is 0.0269. The molecule has 3 amide bonds. The zero-order valence-corrected chi connectivity index (χ0v) is 19.4. The molecule has 14 heteroatoms. The normalized spacial score (nSPS) is 15.4. The summed E-state index contributed by atoms with van der Waals surface area (Å²) in [5.74, 6) is -3.01. The van der Waals surface area contributed by atoms with Crippen molar-refractivity contribution in [2.75, 3.05) is 18.6 Å². The average Bonchev–Trinajstić information content (AvgIpc) is 2.70. The number of aliphatic imine (C=N–C) groups is 1. The molecule has 0 saturated carbocycles. The van der Waals surface area contributed by atoms with Gasteiger partial charge in [0.2, 0.25) is 17.7 Å². The Morgan fingerprint density at radius 3 is 2.03 bits per heavy atom. The van der Waals surface area contributed by atoms with Crippen molar-refractivity contribution in [1.82, 2.24) is 16.0 Å². The quantitative estimate of drug-likeness (QED) is 0.0678. The zero-order chi connectivity index (χ0) is 24.8. The first-order valence-electron chi connectivity index (χ1n) is 10.0. The molecule has 184 valence electrons. The summed E-state index contributed by atoms with van der Waals surface area (Å²) in [6.07, 6.45) is 1.07. The van der Waals surface area contributed by atoms with E-state index < -0.39 is 54.0 Å². The fraction of sp³-hybridized carbons (Fsp3) is 0.722. The first-order chi connectivity index (χ1) is 14.9. The largest absolute Gasteiger partial charge is 0.480 e. The number of carboxylic acids is 1. The Hall–Kier alpha value is -2.58. The van der Waals surface area contributed by atoms with Crippen LogP contribution < -0.4 is 33.2 Å². The molecule has 0 aliphatic carbocycles. The van der Waals surface area contributed by atoms with Crippen molar-refractivity contribution in [3.63, 3.8) is 0 Å². The lowest BCUT2D eigenvalue weighted by Gasteiger charge is -2.26. The van der Waals surface area contributed by atoms with E-state index in [9.17, 15) is 29.4 Å². The van der Waals surface area contributed by atoms with Crippen LogP contribution in [0.15, 0.2) is 4.99 Å². The van der Waals surface area contributed by atoms with Gasteiger partial charge >= 0.3 is 5.97 Å². The van der Waals surface area contributed by atoms with Crippen molar-refractivity contribution in [1.29, 1.82) is 0 Å². The van der Waals surface area contributed by atoms with Gasteiger partial charge in [0.15, 0.2) is 5.96 Å². The van der Waals surface area contributed by atoms with E-state index in [0.29, 0.717) is 5.75 Å². The van der Waals surface area contributed by atoms with Crippen molar-refractivity contribution in [3.8, 4) is 0 Å². The Balaban J connectivity index is 5.23. The van der Waals surface area contributed by atoms with E-state index in [4.69, 9.17) is 17.2 Å². The molecular formula is C18H35N7O6S. The second kappa shape index (κ2) is 15.3. The Bertz CT molecular complexity index is 670. The van der Waals surface area contributed by atoms with Crippen LogP contribution in [0.1, 0.15) is 33.1 Å². The molecular weight excluding hydrogens is 442 g/mol. The van der Waals surface area contributed by atoms with E-state index in [0.717, 1.165) is 0 Å². The average molecular weight is 478 g/mol. The molecule has 0 aromatic rings. The number of amides is 3. The molecule has 0 radical (unpaired) electrons. The maximum absolute atomic E-state index is 12.7. The van der Waals surface area contributed by atoms with Gasteiger partial charge in [-0.15, -0.1) is 0 Å². The van der Waals surface area contributed by atoms with Crippen LogP contribution in [0, 0.1) is 0 Å². The predicted octanol–water partition coefficient (Wildman–Crippen LogP) is -2.94. The van der Waals surface area contributed by atoms with Gasteiger partial charge < -0.3 is 43.4 Å². The van der Waals surface area contributed by atoms with Gasteiger partial charge in [0.25, 0.3) is 0 Å². The molecule has 13 nitrogen and oxygen atoms in total. The minimum Gasteiger partial charge on any atom is -0.480 e. The number of aliphatic hydroxyl groups excluding tert-OH is 1. The van der Waals surface area contributed by atoms with Crippen LogP contribution in [0.3, 0.4) is 0 Å². The molecule has 0 aliphatic rings. The molecule has 0 aliphatic heterocycles. The first-order valence-corrected chi connectivity index (χ1v) is 11.4. The second-order valence-electron chi connectivity index (χ2n) is 7.21. The topological polar surface area (TPSA) is 235 Å². The van der Waals surface area contributed by atoms with Crippen LogP contribution >= 0.6 is 11.8 Å². The smallest absolute Gasteiger partial charge is 0.326 e. The van der Waals surface area contributed by atoms with E-state index in [-0.39, 0.29) is 31.8 Å². The number of carbonyl (C=O) groups excluding carboxylic acids is 3. The van der Waals surface area contributed by atoms with Crippen LogP contribution in [0.5, 0.6) is 0 Å². The van der Waals surface area contributed by atoms with Crippen molar-refractivity contribution >= 4 is 41.4 Å². The third-order valence-corrected chi connectivity index (χ3v) is 4.92. The third kappa shape index (κ3) is 11.7. The maximum Gasteiger partial charge on any atom is 0.326 e. The van der Waals surface area contributed by atoms with Gasteiger partial charge in [-0.05, 0) is 45.1 Å². The number of thioether (sulfide) groups is 1. The van der Waals surface area contributed by atoms with E-state index in [1.807, 2.05) is 6.26 Å². The summed E-state index contributed by atoms with van der Waals surface area (Å²) in [4.78, 5) is 52.5. The number of aliphatic carboxylic acids is 1. The molecule has 0 bridgehead atoms. The van der Waals surface area contributed by atoms with Gasteiger partial charge in [-0.2, -0.15) is 11.8 Å². The molecule has 5 atom stereocenters. The summed E-state index contributed by atoms with van der Waals surface area (Å²) >= 11 is 1.46. The highest BCUT2D eigenvalue weighted by atomic mass is 32.2. The molecule has 0 aromatic carbocycles. The van der Waals surface area contributed by atoms with Crippen LogP contribution in [0.25, 0.3) is 0 Å². The number of carboxylic acid groups (broad SMARTS) is 1. The Labute approximate surface area is 191 Å². The number of carbonyl (C=O) groups is 4. The molecule has 32 heavy (non-hydrogen) atoms. The van der Waals surface area contributed by atoms with Crippen molar-refractivity contribution in [3.05, 3.63) is 0 Å². The molecule has 0 spiro atoms. The van der Waals surface area contributed by atoms with Gasteiger partial charge in [-0.1, -0.05) is 0 Å². The SMILES string of the molecule is CSCCC(NC(=O)C(C)N)C(=O)NC(C(=O)NC(CCCN=C(N)N)C(=O)O)C(C)O. The standard InChI is InChI=1S/C18H35N7O6S/c1-9(19)14(27)23-11(6-8-32-3)15(28)25-13(10(2)26)16(29)24-12(17(30)31)5-4-7-22-18(20)21/h9-13,26H,4-8,19H2,1-3H3,(H,23,27)(H,24,29)(H,25,28)(H,30,31)(H4,20,21,22). The second-order valence-corrected chi connectivity index (χ2v) is 8.19. The Morgan fingerprint density at radius 1 is 0.969 bits per heavy atom. The highest BCUT2D eigenvalue weighted by Gasteiger charge is 2.32. The van der Waals surface area contributed by atoms with Gasteiger partial charge in [-0.3, -0.25) is 19.4 Å².